The van der Waals surface area contributed by atoms with Crippen LogP contribution in [0.1, 0.15) is 13.3 Å². The van der Waals surface area contributed by atoms with Gasteiger partial charge in [-0.3, -0.25) is 4.79 Å². The van der Waals surface area contributed by atoms with Crippen LogP contribution in [-0.2, 0) is 4.79 Å². The van der Waals surface area contributed by atoms with Crippen LogP contribution >= 0.6 is 11.8 Å². The zero-order valence-corrected chi connectivity index (χ0v) is 11.9. The highest BCUT2D eigenvalue weighted by molar-refractivity contribution is 7.98. The van der Waals surface area contributed by atoms with Crippen LogP contribution in [0, 0.1) is 0 Å². The molecule has 0 unspecified atom stereocenters. The quantitative estimate of drug-likeness (QED) is 0.787. The standard InChI is InChI=1S/C13H18N2O3S/c1-3-7-15(9-12(16)17)13(18)14-10-5-4-6-11(8-10)19-2/h4-6,8H,3,7,9H2,1-2H3,(H,14,18)(H,16,17). The number of nitrogens with one attached hydrogen (secondary N) is 1. The van der Waals surface area contributed by atoms with E-state index in [0.717, 1.165) is 4.90 Å². The molecule has 19 heavy (non-hydrogen) atoms. The van der Waals surface area contributed by atoms with E-state index in [9.17, 15) is 9.59 Å². The van der Waals surface area contributed by atoms with E-state index >= 15 is 0 Å². The van der Waals surface area contributed by atoms with Gasteiger partial charge < -0.3 is 15.3 Å². The van der Waals surface area contributed by atoms with Crippen LogP contribution in [0.4, 0.5) is 10.5 Å². The second-order valence-corrected chi connectivity index (χ2v) is 4.86. The van der Waals surface area contributed by atoms with Gasteiger partial charge >= 0.3 is 12.0 Å². The number of carboxylic acids is 1. The normalized spacial score (nSPS) is 10.0. The van der Waals surface area contributed by atoms with Crippen LogP contribution in [0.2, 0.25) is 0 Å². The van der Waals surface area contributed by atoms with Crippen molar-refractivity contribution in [3.63, 3.8) is 0 Å². The van der Waals surface area contributed by atoms with Gasteiger partial charge in [-0.05, 0) is 30.9 Å². The van der Waals surface area contributed by atoms with E-state index in [1.165, 1.54) is 4.90 Å². The van der Waals surface area contributed by atoms with Gasteiger partial charge in [0.1, 0.15) is 6.54 Å². The molecule has 0 aliphatic rings. The largest absolute Gasteiger partial charge is 0.480 e. The van der Waals surface area contributed by atoms with Crippen LogP contribution in [0.25, 0.3) is 0 Å². The molecule has 6 heteroatoms. The molecule has 0 fully saturated rings. The number of hydrogen-bond acceptors (Lipinski definition) is 3. The maximum Gasteiger partial charge on any atom is 0.323 e. The molecule has 0 bridgehead atoms. The Hall–Kier alpha value is -1.69. The molecule has 0 aliphatic carbocycles. The minimum absolute atomic E-state index is 0.290. The third kappa shape index (κ3) is 5.21. The minimum atomic E-state index is -1.01. The maximum absolute atomic E-state index is 12.0. The lowest BCUT2D eigenvalue weighted by Crippen LogP contribution is -2.39. The first-order valence-electron chi connectivity index (χ1n) is 5.98. The second kappa shape index (κ2) is 7.68. The highest BCUT2D eigenvalue weighted by atomic mass is 32.2. The molecule has 0 atom stereocenters. The highest BCUT2D eigenvalue weighted by Crippen LogP contribution is 2.19. The molecule has 2 N–H and O–H groups in total. The summed E-state index contributed by atoms with van der Waals surface area (Å²) in [5.74, 6) is -1.01. The van der Waals surface area contributed by atoms with Crippen molar-refractivity contribution in [3.8, 4) is 0 Å². The number of thioether (sulfide) groups is 1. The predicted molar refractivity (Wildman–Crippen MR) is 76.7 cm³/mol. The first-order valence-corrected chi connectivity index (χ1v) is 7.21. The molecule has 1 rings (SSSR count). The van der Waals surface area contributed by atoms with Gasteiger partial charge in [-0.15, -0.1) is 11.8 Å². The summed E-state index contributed by atoms with van der Waals surface area (Å²) in [5, 5.41) is 11.5. The first kappa shape index (κ1) is 15.4. The second-order valence-electron chi connectivity index (χ2n) is 3.98. The van der Waals surface area contributed by atoms with Gasteiger partial charge in [-0.2, -0.15) is 0 Å². The van der Waals surface area contributed by atoms with Gasteiger partial charge in [0.05, 0.1) is 0 Å². The fourth-order valence-electron chi connectivity index (χ4n) is 1.59. The number of carbonyl (C=O) groups excluding carboxylic acids is 1. The summed E-state index contributed by atoms with van der Waals surface area (Å²) in [6.45, 7) is 2.03. The van der Waals surface area contributed by atoms with Gasteiger partial charge in [0.2, 0.25) is 0 Å². The lowest BCUT2D eigenvalue weighted by molar-refractivity contribution is -0.137. The number of aliphatic carboxylic acids is 1. The summed E-state index contributed by atoms with van der Waals surface area (Å²) in [7, 11) is 0. The van der Waals surface area contributed by atoms with E-state index in [-0.39, 0.29) is 12.6 Å². The molecule has 1 aromatic rings. The molecule has 2 amide bonds. The number of rotatable bonds is 6. The van der Waals surface area contributed by atoms with E-state index in [2.05, 4.69) is 5.32 Å². The number of urea groups is 1. The summed E-state index contributed by atoms with van der Waals surface area (Å²) >= 11 is 1.58. The van der Waals surface area contributed by atoms with Crippen molar-refractivity contribution in [2.45, 2.75) is 18.2 Å². The molecule has 0 aromatic heterocycles. The van der Waals surface area contributed by atoms with Gasteiger partial charge in [0.25, 0.3) is 0 Å². The Morgan fingerprint density at radius 2 is 2.16 bits per heavy atom. The smallest absolute Gasteiger partial charge is 0.323 e. The Labute approximate surface area is 117 Å². The number of anilines is 1. The highest BCUT2D eigenvalue weighted by Gasteiger charge is 2.15. The zero-order valence-electron chi connectivity index (χ0n) is 11.0. The van der Waals surface area contributed by atoms with Crippen molar-refractivity contribution in [1.29, 1.82) is 0 Å². The van der Waals surface area contributed by atoms with Crippen molar-refractivity contribution >= 4 is 29.4 Å². The van der Waals surface area contributed by atoms with Crippen molar-refractivity contribution in [3.05, 3.63) is 24.3 Å². The summed E-state index contributed by atoms with van der Waals surface area (Å²) in [6, 6.07) is 7.04. The minimum Gasteiger partial charge on any atom is -0.480 e. The zero-order chi connectivity index (χ0) is 14.3. The van der Waals surface area contributed by atoms with Gasteiger partial charge in [0.15, 0.2) is 0 Å². The third-order valence-corrected chi connectivity index (χ3v) is 3.15. The van der Waals surface area contributed by atoms with Crippen LogP contribution in [-0.4, -0.2) is 41.4 Å². The number of hydrogen-bond donors (Lipinski definition) is 2. The molecule has 0 saturated heterocycles. The third-order valence-electron chi connectivity index (χ3n) is 2.43. The number of carbonyl (C=O) groups is 2. The summed E-state index contributed by atoms with van der Waals surface area (Å²) in [6.07, 6.45) is 2.67. The topological polar surface area (TPSA) is 69.6 Å². The average Bonchev–Trinajstić information content (AvgIpc) is 2.38. The Morgan fingerprint density at radius 1 is 1.42 bits per heavy atom. The van der Waals surface area contributed by atoms with Crippen molar-refractivity contribution < 1.29 is 14.7 Å². The monoisotopic (exact) mass is 282 g/mol. The fraction of sp³-hybridized carbons (Fsp3) is 0.385. The molecule has 0 radical (unpaired) electrons. The Kier molecular flexibility index (Phi) is 6.21. The molecular weight excluding hydrogens is 264 g/mol. The fourth-order valence-corrected chi connectivity index (χ4v) is 2.05. The number of benzene rings is 1. The average molecular weight is 282 g/mol. The predicted octanol–water partition coefficient (Wildman–Crippen LogP) is 2.74. The Morgan fingerprint density at radius 3 is 2.74 bits per heavy atom. The van der Waals surface area contributed by atoms with Crippen LogP contribution < -0.4 is 5.32 Å². The van der Waals surface area contributed by atoms with E-state index in [4.69, 9.17) is 5.11 Å². The molecule has 0 aliphatic heterocycles. The number of nitrogens with zero attached hydrogens (tertiary/aromatic N) is 1. The van der Waals surface area contributed by atoms with Crippen molar-refractivity contribution in [2.75, 3.05) is 24.7 Å². The van der Waals surface area contributed by atoms with E-state index in [0.29, 0.717) is 18.7 Å². The molecule has 104 valence electrons. The lowest BCUT2D eigenvalue weighted by atomic mass is 10.3. The number of carboxylic acid groups (broad SMARTS) is 1. The molecule has 0 saturated carbocycles. The van der Waals surface area contributed by atoms with E-state index < -0.39 is 5.97 Å². The molecular formula is C13H18N2O3S. The van der Waals surface area contributed by atoms with Crippen molar-refractivity contribution in [2.24, 2.45) is 0 Å². The van der Waals surface area contributed by atoms with Crippen molar-refractivity contribution in [1.82, 2.24) is 4.90 Å². The Balaban J connectivity index is 2.71. The molecule has 1 aromatic carbocycles. The van der Waals surface area contributed by atoms with E-state index in [1.54, 1.807) is 17.8 Å². The van der Waals surface area contributed by atoms with E-state index in [1.807, 2.05) is 31.4 Å². The maximum atomic E-state index is 12.0. The van der Waals surface area contributed by atoms with Crippen LogP contribution in [0.5, 0.6) is 0 Å². The summed E-state index contributed by atoms with van der Waals surface area (Å²) < 4.78 is 0. The SMILES string of the molecule is CCCN(CC(=O)O)C(=O)Nc1cccc(SC)c1. The lowest BCUT2D eigenvalue weighted by Gasteiger charge is -2.20. The van der Waals surface area contributed by atoms with Gasteiger partial charge in [-0.1, -0.05) is 13.0 Å². The van der Waals surface area contributed by atoms with Crippen LogP contribution in [0.15, 0.2) is 29.2 Å². The van der Waals surface area contributed by atoms with Crippen LogP contribution in [0.3, 0.4) is 0 Å². The number of amides is 2. The molecule has 0 spiro atoms. The van der Waals surface area contributed by atoms with Gasteiger partial charge in [0, 0.05) is 17.1 Å². The summed E-state index contributed by atoms with van der Waals surface area (Å²) in [4.78, 5) is 25.0. The van der Waals surface area contributed by atoms with Gasteiger partial charge in [-0.25, -0.2) is 4.79 Å². The first-order chi connectivity index (χ1) is 9.06. The Bertz CT molecular complexity index is 451. The molecule has 0 heterocycles. The summed E-state index contributed by atoms with van der Waals surface area (Å²) in [5.41, 5.74) is 0.670. The molecule has 5 nitrogen and oxygen atoms in total.